The molecule has 1 aliphatic heterocycles. The quantitative estimate of drug-likeness (QED) is 0.500. The van der Waals surface area contributed by atoms with Gasteiger partial charge in [-0.3, -0.25) is 5.43 Å². The molecule has 138 valence electrons. The molecule has 2 aromatic carbocycles. The maximum absolute atomic E-state index is 5.42. The molecule has 0 bridgehead atoms. The van der Waals surface area contributed by atoms with Gasteiger partial charge in [-0.05, 0) is 48.9 Å². The summed E-state index contributed by atoms with van der Waals surface area (Å²) in [6.45, 7) is 2.27. The first kappa shape index (κ1) is 17.4. The Kier molecular flexibility index (Phi) is 4.93. The number of hydrogen-bond donors (Lipinski definition) is 1. The molecule has 0 saturated heterocycles. The normalized spacial score (nSPS) is 12.9. The number of methoxy groups -OCH3 is 1. The lowest BCUT2D eigenvalue weighted by molar-refractivity contribution is 0.174. The van der Waals surface area contributed by atoms with Crippen LogP contribution in [0, 0.1) is 0 Å². The van der Waals surface area contributed by atoms with Crippen molar-refractivity contribution in [2.75, 3.05) is 19.3 Å². The van der Waals surface area contributed by atoms with Crippen LogP contribution in [0.3, 0.4) is 0 Å². The topological polar surface area (TPSA) is 65.0 Å². The van der Waals surface area contributed by atoms with Gasteiger partial charge in [0, 0.05) is 23.1 Å². The van der Waals surface area contributed by atoms with Crippen LogP contribution in [-0.4, -0.2) is 24.6 Å². The minimum absolute atomic E-state index is 0.286. The third kappa shape index (κ3) is 4.03. The van der Waals surface area contributed by atoms with Gasteiger partial charge in [0.1, 0.15) is 5.75 Å². The number of aromatic nitrogens is 1. The number of benzene rings is 2. The SMILES string of the molecule is COc1ccc(-c2csc(N/N=C(\C)Cc3ccc4c(c3)OCO4)n2)cc1. The van der Waals surface area contributed by atoms with Crippen molar-refractivity contribution in [1.29, 1.82) is 0 Å². The van der Waals surface area contributed by atoms with Gasteiger partial charge < -0.3 is 14.2 Å². The number of hydrazone groups is 1. The van der Waals surface area contributed by atoms with Gasteiger partial charge in [-0.25, -0.2) is 4.98 Å². The minimum Gasteiger partial charge on any atom is -0.497 e. The molecule has 1 aliphatic rings. The van der Waals surface area contributed by atoms with E-state index in [1.54, 1.807) is 7.11 Å². The zero-order valence-electron chi connectivity index (χ0n) is 15.1. The second-order valence-electron chi connectivity index (χ2n) is 6.09. The van der Waals surface area contributed by atoms with E-state index in [4.69, 9.17) is 14.2 Å². The molecule has 6 nitrogen and oxygen atoms in total. The number of nitrogens with one attached hydrogen (secondary N) is 1. The van der Waals surface area contributed by atoms with Gasteiger partial charge in [0.2, 0.25) is 11.9 Å². The molecule has 27 heavy (non-hydrogen) atoms. The first-order valence-corrected chi connectivity index (χ1v) is 9.37. The van der Waals surface area contributed by atoms with E-state index in [1.165, 1.54) is 11.3 Å². The molecule has 0 spiro atoms. The van der Waals surface area contributed by atoms with E-state index in [2.05, 4.69) is 15.5 Å². The van der Waals surface area contributed by atoms with Crippen LogP contribution in [0.1, 0.15) is 12.5 Å². The Morgan fingerprint density at radius 2 is 2.00 bits per heavy atom. The molecule has 0 atom stereocenters. The molecule has 1 aromatic heterocycles. The van der Waals surface area contributed by atoms with Crippen molar-refractivity contribution >= 4 is 22.2 Å². The Labute approximate surface area is 161 Å². The fraction of sp³-hybridized carbons (Fsp3) is 0.200. The molecule has 0 aliphatic carbocycles. The summed E-state index contributed by atoms with van der Waals surface area (Å²) >= 11 is 1.52. The van der Waals surface area contributed by atoms with Crippen molar-refractivity contribution in [3.63, 3.8) is 0 Å². The predicted molar refractivity (Wildman–Crippen MR) is 107 cm³/mol. The highest BCUT2D eigenvalue weighted by Gasteiger charge is 2.13. The van der Waals surface area contributed by atoms with Crippen LogP contribution >= 0.6 is 11.3 Å². The van der Waals surface area contributed by atoms with Crippen LogP contribution in [0.15, 0.2) is 52.9 Å². The fourth-order valence-corrected chi connectivity index (χ4v) is 3.41. The Morgan fingerprint density at radius 3 is 2.81 bits per heavy atom. The molecular weight excluding hydrogens is 362 g/mol. The molecule has 0 saturated carbocycles. The predicted octanol–water partition coefficient (Wildman–Crippen LogP) is 4.58. The molecular formula is C20H19N3O3S. The summed E-state index contributed by atoms with van der Waals surface area (Å²) in [6, 6.07) is 13.8. The number of thiazole rings is 1. The summed E-state index contributed by atoms with van der Waals surface area (Å²) in [7, 11) is 1.66. The lowest BCUT2D eigenvalue weighted by atomic mass is 10.1. The monoisotopic (exact) mass is 381 g/mol. The Balaban J connectivity index is 1.39. The zero-order chi connectivity index (χ0) is 18.6. The van der Waals surface area contributed by atoms with Crippen molar-refractivity contribution in [3.8, 4) is 28.5 Å². The molecule has 0 radical (unpaired) electrons. The molecule has 7 heteroatoms. The molecule has 0 amide bonds. The van der Waals surface area contributed by atoms with Crippen LogP contribution in [-0.2, 0) is 6.42 Å². The van der Waals surface area contributed by atoms with Gasteiger partial charge in [0.05, 0.1) is 12.8 Å². The van der Waals surface area contributed by atoms with Gasteiger partial charge >= 0.3 is 0 Å². The lowest BCUT2D eigenvalue weighted by Gasteiger charge is -2.03. The van der Waals surface area contributed by atoms with Gasteiger partial charge in [-0.15, -0.1) is 11.3 Å². The number of hydrogen-bond acceptors (Lipinski definition) is 7. The first-order chi connectivity index (χ1) is 13.2. The van der Waals surface area contributed by atoms with Gasteiger partial charge in [0.15, 0.2) is 11.5 Å². The van der Waals surface area contributed by atoms with E-state index in [0.29, 0.717) is 0 Å². The van der Waals surface area contributed by atoms with Crippen molar-refractivity contribution in [2.45, 2.75) is 13.3 Å². The average Bonchev–Trinajstić information content (AvgIpc) is 3.35. The van der Waals surface area contributed by atoms with Gasteiger partial charge in [-0.1, -0.05) is 6.07 Å². The van der Waals surface area contributed by atoms with Gasteiger partial charge in [0.25, 0.3) is 0 Å². The first-order valence-electron chi connectivity index (χ1n) is 8.49. The van der Waals surface area contributed by atoms with Crippen molar-refractivity contribution in [1.82, 2.24) is 4.98 Å². The summed E-state index contributed by atoms with van der Waals surface area (Å²) in [5.74, 6) is 2.41. The average molecular weight is 381 g/mol. The molecule has 2 heterocycles. The molecule has 3 aromatic rings. The highest BCUT2D eigenvalue weighted by atomic mass is 32.1. The Hall–Kier alpha value is -3.06. The molecule has 1 N–H and O–H groups in total. The van der Waals surface area contributed by atoms with Crippen molar-refractivity contribution < 1.29 is 14.2 Å². The number of nitrogens with zero attached hydrogens (tertiary/aromatic N) is 2. The third-order valence-corrected chi connectivity index (χ3v) is 4.88. The second kappa shape index (κ2) is 7.67. The van der Waals surface area contributed by atoms with E-state index < -0.39 is 0 Å². The Morgan fingerprint density at radius 1 is 1.19 bits per heavy atom. The van der Waals surface area contributed by atoms with E-state index in [-0.39, 0.29) is 6.79 Å². The zero-order valence-corrected chi connectivity index (χ0v) is 15.9. The van der Waals surface area contributed by atoms with Gasteiger partial charge in [-0.2, -0.15) is 5.10 Å². The van der Waals surface area contributed by atoms with E-state index in [0.717, 1.165) is 51.3 Å². The van der Waals surface area contributed by atoms with Crippen LogP contribution < -0.4 is 19.6 Å². The summed E-state index contributed by atoms with van der Waals surface area (Å²) < 4.78 is 15.9. The summed E-state index contributed by atoms with van der Waals surface area (Å²) in [5.41, 5.74) is 7.08. The molecule has 4 rings (SSSR count). The smallest absolute Gasteiger partial charge is 0.231 e. The standard InChI is InChI=1S/C20H19N3O3S/c1-13(9-14-3-8-18-19(10-14)26-12-25-18)22-23-20-21-17(11-27-20)15-4-6-16(24-2)7-5-15/h3-8,10-11H,9,12H2,1-2H3,(H,21,23)/b22-13+. The highest BCUT2D eigenvalue weighted by molar-refractivity contribution is 7.14. The molecule has 0 unspecified atom stereocenters. The number of ether oxygens (including phenoxy) is 3. The maximum atomic E-state index is 5.42. The lowest BCUT2D eigenvalue weighted by Crippen LogP contribution is -2.01. The highest BCUT2D eigenvalue weighted by Crippen LogP contribution is 2.32. The van der Waals surface area contributed by atoms with Crippen LogP contribution in [0.25, 0.3) is 11.3 Å². The number of anilines is 1. The van der Waals surface area contributed by atoms with Crippen molar-refractivity contribution in [3.05, 3.63) is 53.4 Å². The van der Waals surface area contributed by atoms with E-state index in [1.807, 2.05) is 54.8 Å². The summed E-state index contributed by atoms with van der Waals surface area (Å²) in [6.07, 6.45) is 0.723. The fourth-order valence-electron chi connectivity index (χ4n) is 2.75. The maximum Gasteiger partial charge on any atom is 0.231 e. The van der Waals surface area contributed by atoms with E-state index in [9.17, 15) is 0 Å². The Bertz CT molecular complexity index is 967. The van der Waals surface area contributed by atoms with Crippen LogP contribution in [0.5, 0.6) is 17.2 Å². The van der Waals surface area contributed by atoms with E-state index >= 15 is 0 Å². The second-order valence-corrected chi connectivity index (χ2v) is 6.95. The largest absolute Gasteiger partial charge is 0.497 e. The summed E-state index contributed by atoms with van der Waals surface area (Å²) in [5, 5.41) is 7.20. The minimum atomic E-state index is 0.286. The number of rotatable bonds is 6. The third-order valence-electron chi connectivity index (χ3n) is 4.13. The summed E-state index contributed by atoms with van der Waals surface area (Å²) in [4.78, 5) is 4.59. The van der Waals surface area contributed by atoms with Crippen molar-refractivity contribution in [2.24, 2.45) is 5.10 Å². The number of fused-ring (bicyclic) bond motifs is 1. The molecule has 0 fully saturated rings. The van der Waals surface area contributed by atoms with Crippen LogP contribution in [0.2, 0.25) is 0 Å². The van der Waals surface area contributed by atoms with Crippen LogP contribution in [0.4, 0.5) is 5.13 Å².